The fourth-order valence-electron chi connectivity index (χ4n) is 1.26. The lowest BCUT2D eigenvalue weighted by Gasteiger charge is -2.09. The van der Waals surface area contributed by atoms with Crippen molar-refractivity contribution < 1.29 is 19.9 Å². The molecule has 15 heavy (non-hydrogen) atoms. The van der Waals surface area contributed by atoms with Gasteiger partial charge in [0, 0.05) is 11.6 Å². The third kappa shape index (κ3) is 2.29. The molecule has 6 nitrogen and oxygen atoms in total. The fraction of sp³-hybridized carbons (Fsp3) is 0.222. The highest BCUT2D eigenvalue weighted by molar-refractivity contribution is 5.78. The Bertz CT molecular complexity index is 390. The van der Waals surface area contributed by atoms with Gasteiger partial charge in [0.1, 0.15) is 5.92 Å². The first-order valence-corrected chi connectivity index (χ1v) is 4.15. The number of aliphatic hydroxyl groups is 1. The van der Waals surface area contributed by atoms with Crippen LogP contribution in [0.15, 0.2) is 24.3 Å². The number of carboxylic acid groups (broad SMARTS) is 1. The summed E-state index contributed by atoms with van der Waals surface area (Å²) in [6.45, 7) is -0.666. The number of nitro groups is 1. The predicted octanol–water partition coefficient (Wildman–Crippen LogP) is 0.755. The highest BCUT2D eigenvalue weighted by Crippen LogP contribution is 2.26. The van der Waals surface area contributed by atoms with Crippen molar-refractivity contribution in [3.8, 4) is 0 Å². The first-order valence-electron chi connectivity index (χ1n) is 4.15. The first-order chi connectivity index (χ1) is 7.07. The summed E-state index contributed by atoms with van der Waals surface area (Å²) in [5.74, 6) is -2.54. The Labute approximate surface area is 84.9 Å². The quantitative estimate of drug-likeness (QED) is 0.565. The van der Waals surface area contributed by atoms with Gasteiger partial charge in [-0.3, -0.25) is 14.9 Å². The molecule has 6 heteroatoms. The molecule has 0 aliphatic carbocycles. The summed E-state index contributed by atoms with van der Waals surface area (Å²) in [4.78, 5) is 20.7. The van der Waals surface area contributed by atoms with Crippen LogP contribution in [0.5, 0.6) is 0 Å². The van der Waals surface area contributed by atoms with Crippen molar-refractivity contribution in [2.45, 2.75) is 5.92 Å². The van der Waals surface area contributed by atoms with Crippen LogP contribution >= 0.6 is 0 Å². The van der Waals surface area contributed by atoms with Crippen molar-refractivity contribution >= 4 is 11.7 Å². The maximum atomic E-state index is 10.7. The van der Waals surface area contributed by atoms with Crippen molar-refractivity contribution in [1.82, 2.24) is 0 Å². The molecule has 80 valence electrons. The van der Waals surface area contributed by atoms with E-state index in [2.05, 4.69) is 0 Å². The van der Waals surface area contributed by atoms with Gasteiger partial charge in [-0.15, -0.1) is 0 Å². The van der Waals surface area contributed by atoms with Crippen LogP contribution in [0.1, 0.15) is 11.5 Å². The SMILES string of the molecule is O=C(O)C(CO)c1ccccc1[N+](=O)[O-]. The molecule has 0 bridgehead atoms. The number of hydrogen-bond acceptors (Lipinski definition) is 4. The van der Waals surface area contributed by atoms with Gasteiger partial charge < -0.3 is 10.2 Å². The molecule has 0 fully saturated rings. The van der Waals surface area contributed by atoms with Gasteiger partial charge in [-0.05, 0) is 0 Å². The van der Waals surface area contributed by atoms with E-state index in [1.165, 1.54) is 24.3 Å². The maximum Gasteiger partial charge on any atom is 0.313 e. The van der Waals surface area contributed by atoms with Crippen molar-refractivity contribution in [3.63, 3.8) is 0 Å². The second kappa shape index (κ2) is 4.52. The lowest BCUT2D eigenvalue weighted by atomic mass is 9.98. The Hall–Kier alpha value is -1.95. The van der Waals surface area contributed by atoms with E-state index < -0.39 is 23.4 Å². The zero-order chi connectivity index (χ0) is 11.4. The van der Waals surface area contributed by atoms with Crippen LogP contribution < -0.4 is 0 Å². The lowest BCUT2D eigenvalue weighted by molar-refractivity contribution is -0.385. The molecule has 1 rings (SSSR count). The largest absolute Gasteiger partial charge is 0.481 e. The van der Waals surface area contributed by atoms with Crippen LogP contribution in [0.3, 0.4) is 0 Å². The van der Waals surface area contributed by atoms with Crippen molar-refractivity contribution in [2.24, 2.45) is 0 Å². The molecule has 0 saturated heterocycles. The molecule has 1 unspecified atom stereocenters. The second-order valence-electron chi connectivity index (χ2n) is 2.89. The van der Waals surface area contributed by atoms with E-state index in [1.54, 1.807) is 0 Å². The Kier molecular flexibility index (Phi) is 3.35. The van der Waals surface area contributed by atoms with E-state index in [0.717, 1.165) is 0 Å². The number of para-hydroxylation sites is 1. The highest BCUT2D eigenvalue weighted by Gasteiger charge is 2.26. The van der Waals surface area contributed by atoms with Gasteiger partial charge in [0.2, 0.25) is 0 Å². The average Bonchev–Trinajstić information content (AvgIpc) is 2.18. The van der Waals surface area contributed by atoms with E-state index in [0.29, 0.717) is 0 Å². The summed E-state index contributed by atoms with van der Waals surface area (Å²) in [7, 11) is 0. The van der Waals surface area contributed by atoms with Crippen LogP contribution in [0.4, 0.5) is 5.69 Å². The molecule has 0 aliphatic rings. The normalized spacial score (nSPS) is 12.1. The van der Waals surface area contributed by atoms with Crippen LogP contribution in [0.2, 0.25) is 0 Å². The number of nitrogens with zero attached hydrogens (tertiary/aromatic N) is 1. The van der Waals surface area contributed by atoms with E-state index in [4.69, 9.17) is 10.2 Å². The average molecular weight is 211 g/mol. The zero-order valence-corrected chi connectivity index (χ0v) is 7.66. The zero-order valence-electron chi connectivity index (χ0n) is 7.66. The minimum Gasteiger partial charge on any atom is -0.481 e. The third-order valence-corrected chi connectivity index (χ3v) is 1.99. The van der Waals surface area contributed by atoms with E-state index in [-0.39, 0.29) is 11.3 Å². The molecule has 0 amide bonds. The van der Waals surface area contributed by atoms with Gasteiger partial charge in [0.15, 0.2) is 0 Å². The number of carbonyl (C=O) groups is 1. The number of benzene rings is 1. The molecule has 2 N–H and O–H groups in total. The third-order valence-electron chi connectivity index (χ3n) is 1.99. The van der Waals surface area contributed by atoms with Gasteiger partial charge in [0.05, 0.1) is 11.5 Å². The monoisotopic (exact) mass is 211 g/mol. The van der Waals surface area contributed by atoms with Gasteiger partial charge >= 0.3 is 5.97 Å². The van der Waals surface area contributed by atoms with E-state index in [1.807, 2.05) is 0 Å². The molecule has 0 aliphatic heterocycles. The van der Waals surface area contributed by atoms with Crippen LogP contribution in [0.25, 0.3) is 0 Å². The Morgan fingerprint density at radius 1 is 1.47 bits per heavy atom. The summed E-state index contributed by atoms with van der Waals surface area (Å²) in [5, 5.41) is 28.2. The smallest absolute Gasteiger partial charge is 0.313 e. The minimum absolute atomic E-state index is 0.0116. The molecule has 0 aromatic heterocycles. The summed E-state index contributed by atoms with van der Waals surface area (Å²) in [5.41, 5.74) is -0.281. The Morgan fingerprint density at radius 3 is 2.53 bits per heavy atom. The van der Waals surface area contributed by atoms with Gasteiger partial charge in [0.25, 0.3) is 5.69 Å². The van der Waals surface area contributed by atoms with Crippen LogP contribution in [-0.4, -0.2) is 27.7 Å². The van der Waals surface area contributed by atoms with Gasteiger partial charge in [-0.1, -0.05) is 18.2 Å². The number of aliphatic carboxylic acids is 1. The Balaban J connectivity index is 3.22. The second-order valence-corrected chi connectivity index (χ2v) is 2.89. The van der Waals surface area contributed by atoms with E-state index >= 15 is 0 Å². The molecule has 0 saturated carbocycles. The molecule has 0 heterocycles. The number of carboxylic acids is 1. The first kappa shape index (κ1) is 11.1. The molecular weight excluding hydrogens is 202 g/mol. The molecule has 1 aromatic carbocycles. The van der Waals surface area contributed by atoms with Crippen molar-refractivity contribution in [2.75, 3.05) is 6.61 Å². The molecule has 0 radical (unpaired) electrons. The summed E-state index contributed by atoms with van der Waals surface area (Å²) < 4.78 is 0. The number of rotatable bonds is 4. The van der Waals surface area contributed by atoms with Crippen molar-refractivity contribution in [1.29, 1.82) is 0 Å². The van der Waals surface area contributed by atoms with Crippen molar-refractivity contribution in [3.05, 3.63) is 39.9 Å². The fourth-order valence-corrected chi connectivity index (χ4v) is 1.26. The maximum absolute atomic E-state index is 10.7. The number of aliphatic hydroxyl groups excluding tert-OH is 1. The summed E-state index contributed by atoms with van der Waals surface area (Å²) >= 11 is 0. The topological polar surface area (TPSA) is 101 Å². The molecule has 0 spiro atoms. The Morgan fingerprint density at radius 2 is 2.07 bits per heavy atom. The van der Waals surface area contributed by atoms with Crippen LogP contribution in [0, 0.1) is 10.1 Å². The minimum atomic E-state index is -1.29. The highest BCUT2D eigenvalue weighted by atomic mass is 16.6. The van der Waals surface area contributed by atoms with E-state index in [9.17, 15) is 14.9 Å². The van der Waals surface area contributed by atoms with Gasteiger partial charge in [-0.2, -0.15) is 0 Å². The van der Waals surface area contributed by atoms with Crippen LogP contribution in [-0.2, 0) is 4.79 Å². The molecule has 1 atom stereocenters. The molecule has 1 aromatic rings. The number of hydrogen-bond donors (Lipinski definition) is 2. The van der Waals surface area contributed by atoms with Gasteiger partial charge in [-0.25, -0.2) is 0 Å². The summed E-state index contributed by atoms with van der Waals surface area (Å²) in [6.07, 6.45) is 0. The lowest BCUT2D eigenvalue weighted by Crippen LogP contribution is -2.16. The standard InChI is InChI=1S/C9H9NO5/c11-5-7(9(12)13)6-3-1-2-4-8(6)10(14)15/h1-4,7,11H,5H2,(H,12,13). The predicted molar refractivity (Wildman–Crippen MR) is 50.6 cm³/mol. The summed E-state index contributed by atoms with van der Waals surface area (Å²) in [6, 6.07) is 5.47. The molecular formula is C9H9NO5. The number of nitro benzene ring substituents is 1.